The van der Waals surface area contributed by atoms with Gasteiger partial charge in [-0.15, -0.1) is 11.3 Å². The summed E-state index contributed by atoms with van der Waals surface area (Å²) in [6.45, 7) is 4.27. The number of hydrogen-bond donors (Lipinski definition) is 1. The SMILES string of the molecule is CC1C=C(c2ccc(CO)cc2)CCN1Cc1sc2ccccc2c1Cl. The summed E-state index contributed by atoms with van der Waals surface area (Å²) in [6.07, 6.45) is 3.39. The van der Waals surface area contributed by atoms with Crippen LogP contribution in [0.1, 0.15) is 29.3 Å². The van der Waals surface area contributed by atoms with Crippen molar-refractivity contribution >= 4 is 38.6 Å². The van der Waals surface area contributed by atoms with Gasteiger partial charge in [-0.05, 0) is 36.1 Å². The summed E-state index contributed by atoms with van der Waals surface area (Å²) in [5, 5.41) is 11.3. The van der Waals surface area contributed by atoms with Gasteiger partial charge in [0.2, 0.25) is 0 Å². The van der Waals surface area contributed by atoms with Crippen molar-refractivity contribution in [3.63, 3.8) is 0 Å². The first-order valence-electron chi connectivity index (χ1n) is 8.96. The van der Waals surface area contributed by atoms with Crippen molar-refractivity contribution in [2.45, 2.75) is 32.5 Å². The van der Waals surface area contributed by atoms with Crippen molar-refractivity contribution in [1.82, 2.24) is 4.90 Å². The third-order valence-electron chi connectivity index (χ3n) is 5.14. The van der Waals surface area contributed by atoms with Gasteiger partial charge in [-0.1, -0.05) is 60.1 Å². The van der Waals surface area contributed by atoms with E-state index in [2.05, 4.69) is 48.2 Å². The predicted octanol–water partition coefficient (Wildman–Crippen LogP) is 5.72. The first kappa shape index (κ1) is 17.7. The molecule has 1 aliphatic heterocycles. The van der Waals surface area contributed by atoms with Crippen LogP contribution in [0.2, 0.25) is 5.02 Å². The van der Waals surface area contributed by atoms with E-state index < -0.39 is 0 Å². The van der Waals surface area contributed by atoms with Crippen LogP contribution in [0.5, 0.6) is 0 Å². The van der Waals surface area contributed by atoms with Crippen molar-refractivity contribution < 1.29 is 5.11 Å². The molecule has 1 aromatic heterocycles. The Labute approximate surface area is 163 Å². The molecule has 1 atom stereocenters. The molecule has 26 heavy (non-hydrogen) atoms. The second-order valence-corrected chi connectivity index (χ2v) is 8.36. The quantitative estimate of drug-likeness (QED) is 0.622. The van der Waals surface area contributed by atoms with Crippen LogP contribution in [0.3, 0.4) is 0 Å². The van der Waals surface area contributed by atoms with E-state index in [4.69, 9.17) is 11.6 Å². The monoisotopic (exact) mass is 383 g/mol. The fourth-order valence-electron chi connectivity index (χ4n) is 3.59. The second kappa shape index (κ2) is 7.53. The third kappa shape index (κ3) is 3.45. The Morgan fingerprint density at radius 2 is 1.92 bits per heavy atom. The summed E-state index contributed by atoms with van der Waals surface area (Å²) in [5.74, 6) is 0. The summed E-state index contributed by atoms with van der Waals surface area (Å²) in [7, 11) is 0. The van der Waals surface area contributed by atoms with E-state index in [1.54, 1.807) is 11.3 Å². The highest BCUT2D eigenvalue weighted by molar-refractivity contribution is 7.19. The molecule has 0 bridgehead atoms. The second-order valence-electron chi connectivity index (χ2n) is 6.84. The molecule has 2 heterocycles. The van der Waals surface area contributed by atoms with Crippen molar-refractivity contribution in [3.8, 4) is 0 Å². The molecule has 1 aliphatic rings. The summed E-state index contributed by atoms with van der Waals surface area (Å²) in [4.78, 5) is 3.74. The lowest BCUT2D eigenvalue weighted by Gasteiger charge is -2.32. The Kier molecular flexibility index (Phi) is 5.14. The van der Waals surface area contributed by atoms with Crippen molar-refractivity contribution in [2.75, 3.05) is 6.54 Å². The Morgan fingerprint density at radius 1 is 1.15 bits per heavy atom. The Bertz CT molecular complexity index is 944. The van der Waals surface area contributed by atoms with Gasteiger partial charge in [0.05, 0.1) is 11.6 Å². The molecule has 1 N–H and O–H groups in total. The number of thiophene rings is 1. The van der Waals surface area contributed by atoms with Crippen LogP contribution in [0.4, 0.5) is 0 Å². The molecule has 0 radical (unpaired) electrons. The summed E-state index contributed by atoms with van der Waals surface area (Å²) >= 11 is 8.43. The van der Waals surface area contributed by atoms with E-state index in [1.165, 1.54) is 26.1 Å². The fraction of sp³-hybridized carbons (Fsp3) is 0.273. The minimum absolute atomic E-state index is 0.0967. The molecule has 1 unspecified atom stereocenters. The first-order chi connectivity index (χ1) is 12.7. The smallest absolute Gasteiger partial charge is 0.0681 e. The zero-order chi connectivity index (χ0) is 18.1. The number of aliphatic hydroxyl groups is 1. The van der Waals surface area contributed by atoms with E-state index in [9.17, 15) is 5.11 Å². The minimum atomic E-state index is 0.0967. The van der Waals surface area contributed by atoms with Gasteiger partial charge < -0.3 is 5.11 Å². The topological polar surface area (TPSA) is 23.5 Å². The molecule has 4 rings (SSSR count). The minimum Gasteiger partial charge on any atom is -0.392 e. The summed E-state index contributed by atoms with van der Waals surface area (Å²) in [6, 6.07) is 17.0. The Balaban J connectivity index is 1.52. The van der Waals surface area contributed by atoms with E-state index >= 15 is 0 Å². The molecule has 3 aromatic rings. The Hall–Kier alpha value is -1.65. The lowest BCUT2D eigenvalue weighted by Crippen LogP contribution is -2.35. The summed E-state index contributed by atoms with van der Waals surface area (Å²) in [5.41, 5.74) is 3.61. The standard InChI is InChI=1S/C22H22ClNOS/c1-15-12-18(17-8-6-16(14-25)7-9-17)10-11-24(15)13-21-22(23)19-4-2-3-5-20(19)26-21/h2-9,12,15,25H,10-11,13-14H2,1H3. The van der Waals surface area contributed by atoms with Crippen LogP contribution in [-0.2, 0) is 13.2 Å². The maximum Gasteiger partial charge on any atom is 0.0681 e. The molecule has 4 heteroatoms. The molecule has 0 saturated heterocycles. The van der Waals surface area contributed by atoms with E-state index in [0.29, 0.717) is 6.04 Å². The average molecular weight is 384 g/mol. The van der Waals surface area contributed by atoms with Crippen LogP contribution >= 0.6 is 22.9 Å². The van der Waals surface area contributed by atoms with Crippen LogP contribution in [0.25, 0.3) is 15.7 Å². The van der Waals surface area contributed by atoms with Gasteiger partial charge >= 0.3 is 0 Å². The normalized spacial score (nSPS) is 18.3. The molecule has 0 saturated carbocycles. The number of aliphatic hydroxyl groups excluding tert-OH is 1. The predicted molar refractivity (Wildman–Crippen MR) is 112 cm³/mol. The van der Waals surface area contributed by atoms with Crippen LogP contribution in [0.15, 0.2) is 54.6 Å². The Morgan fingerprint density at radius 3 is 2.62 bits per heavy atom. The number of nitrogens with zero attached hydrogens (tertiary/aromatic N) is 1. The number of benzene rings is 2. The zero-order valence-electron chi connectivity index (χ0n) is 14.8. The highest BCUT2D eigenvalue weighted by atomic mass is 35.5. The highest BCUT2D eigenvalue weighted by Gasteiger charge is 2.21. The lowest BCUT2D eigenvalue weighted by atomic mass is 9.95. The number of hydrogen-bond acceptors (Lipinski definition) is 3. The maximum atomic E-state index is 9.20. The third-order valence-corrected chi connectivity index (χ3v) is 6.84. The average Bonchev–Trinajstić information content (AvgIpc) is 2.99. The molecule has 2 aromatic carbocycles. The fourth-order valence-corrected chi connectivity index (χ4v) is 5.10. The molecule has 0 aliphatic carbocycles. The molecule has 134 valence electrons. The van der Waals surface area contributed by atoms with Gasteiger partial charge in [-0.2, -0.15) is 0 Å². The van der Waals surface area contributed by atoms with Gasteiger partial charge in [0.15, 0.2) is 0 Å². The van der Waals surface area contributed by atoms with Crippen molar-refractivity contribution in [2.24, 2.45) is 0 Å². The highest BCUT2D eigenvalue weighted by Crippen LogP contribution is 2.37. The van der Waals surface area contributed by atoms with Crippen molar-refractivity contribution in [1.29, 1.82) is 0 Å². The largest absolute Gasteiger partial charge is 0.392 e. The van der Waals surface area contributed by atoms with Crippen LogP contribution in [-0.4, -0.2) is 22.6 Å². The van der Waals surface area contributed by atoms with Gasteiger partial charge in [-0.25, -0.2) is 0 Å². The number of rotatable bonds is 4. The molecule has 0 amide bonds. The van der Waals surface area contributed by atoms with Gasteiger partial charge in [0.1, 0.15) is 0 Å². The molecular formula is C22H22ClNOS. The van der Waals surface area contributed by atoms with E-state index in [-0.39, 0.29) is 6.61 Å². The molecule has 0 fully saturated rings. The van der Waals surface area contributed by atoms with Crippen LogP contribution < -0.4 is 0 Å². The molecular weight excluding hydrogens is 362 g/mol. The number of halogens is 1. The van der Waals surface area contributed by atoms with Crippen molar-refractivity contribution in [3.05, 3.63) is 75.6 Å². The molecule has 2 nitrogen and oxygen atoms in total. The lowest BCUT2D eigenvalue weighted by molar-refractivity contribution is 0.232. The maximum absolute atomic E-state index is 9.20. The van der Waals surface area contributed by atoms with Gasteiger partial charge in [0, 0.05) is 34.1 Å². The van der Waals surface area contributed by atoms with Crippen LogP contribution in [0, 0.1) is 0 Å². The summed E-state index contributed by atoms with van der Waals surface area (Å²) < 4.78 is 1.26. The molecule has 0 spiro atoms. The first-order valence-corrected chi connectivity index (χ1v) is 10.2. The van der Waals surface area contributed by atoms with E-state index in [0.717, 1.165) is 30.1 Å². The van der Waals surface area contributed by atoms with Gasteiger partial charge in [-0.3, -0.25) is 4.90 Å². The zero-order valence-corrected chi connectivity index (χ0v) is 16.4. The van der Waals surface area contributed by atoms with Gasteiger partial charge in [0.25, 0.3) is 0 Å². The number of fused-ring (bicyclic) bond motifs is 1. The van der Waals surface area contributed by atoms with E-state index in [1.807, 2.05) is 18.2 Å².